The van der Waals surface area contributed by atoms with Crippen molar-refractivity contribution in [3.8, 4) is 0 Å². The highest BCUT2D eigenvalue weighted by Crippen LogP contribution is 2.48. The maximum absolute atomic E-state index is 3.78. The molecule has 0 heterocycles. The van der Waals surface area contributed by atoms with Crippen molar-refractivity contribution < 1.29 is 0 Å². The Balaban J connectivity index is 1.38. The fourth-order valence-electron chi connectivity index (χ4n) is 4.77. The van der Waals surface area contributed by atoms with E-state index in [0.717, 1.165) is 23.8 Å². The van der Waals surface area contributed by atoms with Gasteiger partial charge in [0.15, 0.2) is 0 Å². The molecule has 0 aromatic rings. The SMILES string of the molecule is CC(CNC1CCCC1)N(C)CC1CC2CCC1C2. The van der Waals surface area contributed by atoms with Crippen molar-refractivity contribution in [3.63, 3.8) is 0 Å². The van der Waals surface area contributed by atoms with Gasteiger partial charge in [0.1, 0.15) is 0 Å². The van der Waals surface area contributed by atoms with Crippen LogP contribution in [0.25, 0.3) is 0 Å². The highest BCUT2D eigenvalue weighted by atomic mass is 15.1. The van der Waals surface area contributed by atoms with Crippen molar-refractivity contribution in [2.75, 3.05) is 20.1 Å². The Bertz CT molecular complexity index is 285. The van der Waals surface area contributed by atoms with Gasteiger partial charge in [-0.1, -0.05) is 19.3 Å². The van der Waals surface area contributed by atoms with E-state index in [4.69, 9.17) is 0 Å². The number of fused-ring (bicyclic) bond motifs is 2. The van der Waals surface area contributed by atoms with Crippen LogP contribution in [-0.4, -0.2) is 37.1 Å². The summed E-state index contributed by atoms with van der Waals surface area (Å²) in [6.45, 7) is 4.92. The fraction of sp³-hybridized carbons (Fsp3) is 1.00. The van der Waals surface area contributed by atoms with E-state index in [9.17, 15) is 0 Å². The highest BCUT2D eigenvalue weighted by molar-refractivity contribution is 4.91. The third-order valence-corrected chi connectivity index (χ3v) is 6.22. The van der Waals surface area contributed by atoms with Gasteiger partial charge in [0.05, 0.1) is 0 Å². The normalized spacial score (nSPS) is 36.5. The summed E-state index contributed by atoms with van der Waals surface area (Å²) in [5.41, 5.74) is 0. The van der Waals surface area contributed by atoms with E-state index in [2.05, 4.69) is 24.2 Å². The summed E-state index contributed by atoms with van der Waals surface area (Å²) in [6, 6.07) is 1.51. The Labute approximate surface area is 119 Å². The van der Waals surface area contributed by atoms with Crippen LogP contribution in [0.3, 0.4) is 0 Å². The first-order valence-electron chi connectivity index (χ1n) is 8.66. The topological polar surface area (TPSA) is 15.3 Å². The van der Waals surface area contributed by atoms with Crippen LogP contribution in [0.1, 0.15) is 58.3 Å². The van der Waals surface area contributed by atoms with Crippen molar-refractivity contribution in [1.29, 1.82) is 0 Å². The monoisotopic (exact) mass is 264 g/mol. The summed E-state index contributed by atoms with van der Waals surface area (Å²) in [4.78, 5) is 2.62. The van der Waals surface area contributed by atoms with Gasteiger partial charge in [0.25, 0.3) is 0 Å². The van der Waals surface area contributed by atoms with Gasteiger partial charge in [-0.05, 0) is 63.8 Å². The summed E-state index contributed by atoms with van der Waals surface area (Å²) >= 11 is 0. The Morgan fingerprint density at radius 2 is 1.89 bits per heavy atom. The Morgan fingerprint density at radius 3 is 2.53 bits per heavy atom. The predicted molar refractivity (Wildman–Crippen MR) is 81.3 cm³/mol. The van der Waals surface area contributed by atoms with Crippen LogP contribution in [0, 0.1) is 17.8 Å². The molecule has 2 bridgehead atoms. The van der Waals surface area contributed by atoms with Crippen LogP contribution in [0.5, 0.6) is 0 Å². The molecule has 0 radical (unpaired) electrons. The second-order valence-corrected chi connectivity index (χ2v) is 7.61. The lowest BCUT2D eigenvalue weighted by atomic mass is 9.88. The maximum Gasteiger partial charge on any atom is 0.0189 e. The van der Waals surface area contributed by atoms with E-state index in [1.807, 2.05) is 0 Å². The summed E-state index contributed by atoms with van der Waals surface area (Å²) in [6.07, 6.45) is 11.8. The second kappa shape index (κ2) is 6.13. The molecule has 0 aromatic carbocycles. The minimum Gasteiger partial charge on any atom is -0.312 e. The molecule has 0 saturated heterocycles. The van der Waals surface area contributed by atoms with E-state index in [1.165, 1.54) is 58.0 Å². The first kappa shape index (κ1) is 13.9. The van der Waals surface area contributed by atoms with Crippen molar-refractivity contribution >= 4 is 0 Å². The van der Waals surface area contributed by atoms with Gasteiger partial charge in [-0.3, -0.25) is 0 Å². The third kappa shape index (κ3) is 3.33. The van der Waals surface area contributed by atoms with Crippen LogP contribution in [0.15, 0.2) is 0 Å². The number of nitrogens with one attached hydrogen (secondary N) is 1. The fourth-order valence-corrected chi connectivity index (χ4v) is 4.77. The molecule has 0 spiro atoms. The average Bonchev–Trinajstić information content (AvgIpc) is 3.12. The van der Waals surface area contributed by atoms with E-state index in [0.29, 0.717) is 6.04 Å². The molecule has 2 heteroatoms. The first-order valence-corrected chi connectivity index (χ1v) is 8.66. The minimum absolute atomic E-state index is 0.694. The first-order chi connectivity index (χ1) is 9.22. The molecule has 0 aliphatic heterocycles. The molecule has 0 aromatic heterocycles. The van der Waals surface area contributed by atoms with Gasteiger partial charge in [-0.2, -0.15) is 0 Å². The van der Waals surface area contributed by atoms with Crippen molar-refractivity contribution in [2.24, 2.45) is 17.8 Å². The van der Waals surface area contributed by atoms with E-state index in [1.54, 1.807) is 6.42 Å². The van der Waals surface area contributed by atoms with E-state index in [-0.39, 0.29) is 0 Å². The number of hydrogen-bond donors (Lipinski definition) is 1. The lowest BCUT2D eigenvalue weighted by molar-refractivity contribution is 0.176. The summed E-state index contributed by atoms with van der Waals surface area (Å²) in [5, 5.41) is 3.78. The smallest absolute Gasteiger partial charge is 0.0189 e. The molecule has 2 nitrogen and oxygen atoms in total. The van der Waals surface area contributed by atoms with Crippen LogP contribution in [0.2, 0.25) is 0 Å². The number of nitrogens with zero attached hydrogens (tertiary/aromatic N) is 1. The van der Waals surface area contributed by atoms with Crippen molar-refractivity contribution in [3.05, 3.63) is 0 Å². The van der Waals surface area contributed by atoms with Gasteiger partial charge in [-0.15, -0.1) is 0 Å². The molecular weight excluding hydrogens is 232 g/mol. The average molecular weight is 264 g/mol. The molecule has 4 unspecified atom stereocenters. The standard InChI is InChI=1S/C17H32N2/c1-13(11-18-17-5-3-4-6-17)19(2)12-16-10-14-7-8-15(16)9-14/h13-18H,3-12H2,1-2H3. The molecular formula is C17H32N2. The quantitative estimate of drug-likeness (QED) is 0.792. The zero-order chi connectivity index (χ0) is 13.2. The number of hydrogen-bond acceptors (Lipinski definition) is 2. The molecule has 1 N–H and O–H groups in total. The number of rotatable bonds is 6. The van der Waals surface area contributed by atoms with Crippen molar-refractivity contribution in [2.45, 2.75) is 70.4 Å². The van der Waals surface area contributed by atoms with Crippen molar-refractivity contribution in [1.82, 2.24) is 10.2 Å². The highest BCUT2D eigenvalue weighted by Gasteiger charge is 2.39. The van der Waals surface area contributed by atoms with Crippen LogP contribution in [-0.2, 0) is 0 Å². The summed E-state index contributed by atoms with van der Waals surface area (Å²) in [5.74, 6) is 3.18. The minimum atomic E-state index is 0.694. The molecule has 110 valence electrons. The second-order valence-electron chi connectivity index (χ2n) is 7.61. The molecule has 3 aliphatic carbocycles. The zero-order valence-electron chi connectivity index (χ0n) is 12.9. The van der Waals surface area contributed by atoms with Gasteiger partial charge >= 0.3 is 0 Å². The molecule has 4 atom stereocenters. The van der Waals surface area contributed by atoms with Crippen LogP contribution >= 0.6 is 0 Å². The lowest BCUT2D eigenvalue weighted by Crippen LogP contribution is -2.43. The van der Waals surface area contributed by atoms with Gasteiger partial charge in [0, 0.05) is 25.2 Å². The van der Waals surface area contributed by atoms with E-state index < -0.39 is 0 Å². The molecule has 3 saturated carbocycles. The molecule has 19 heavy (non-hydrogen) atoms. The van der Waals surface area contributed by atoms with Gasteiger partial charge in [0.2, 0.25) is 0 Å². The van der Waals surface area contributed by atoms with E-state index >= 15 is 0 Å². The Kier molecular flexibility index (Phi) is 4.48. The molecule has 3 fully saturated rings. The third-order valence-electron chi connectivity index (χ3n) is 6.22. The molecule has 3 aliphatic rings. The lowest BCUT2D eigenvalue weighted by Gasteiger charge is -2.32. The maximum atomic E-state index is 3.78. The van der Waals surface area contributed by atoms with Gasteiger partial charge in [-0.25, -0.2) is 0 Å². The van der Waals surface area contributed by atoms with Crippen LogP contribution < -0.4 is 5.32 Å². The molecule has 3 rings (SSSR count). The Hall–Kier alpha value is -0.0800. The Morgan fingerprint density at radius 1 is 1.11 bits per heavy atom. The van der Waals surface area contributed by atoms with Crippen LogP contribution in [0.4, 0.5) is 0 Å². The zero-order valence-corrected chi connectivity index (χ0v) is 12.9. The number of likely N-dealkylation sites (N-methyl/N-ethyl adjacent to an activating group) is 1. The summed E-state index contributed by atoms with van der Waals surface area (Å²) in [7, 11) is 2.34. The largest absolute Gasteiger partial charge is 0.312 e. The predicted octanol–water partition coefficient (Wildman–Crippen LogP) is 3.28. The van der Waals surface area contributed by atoms with Gasteiger partial charge < -0.3 is 10.2 Å². The molecule has 0 amide bonds. The summed E-state index contributed by atoms with van der Waals surface area (Å²) < 4.78 is 0.